The molecule has 0 bridgehead atoms. The van der Waals surface area contributed by atoms with Gasteiger partial charge in [-0.25, -0.2) is 0 Å². The van der Waals surface area contributed by atoms with E-state index >= 15 is 0 Å². The normalized spacial score (nSPS) is 10.3. The van der Waals surface area contributed by atoms with E-state index in [-0.39, 0.29) is 0 Å². The van der Waals surface area contributed by atoms with Gasteiger partial charge in [0.05, 0.1) is 0 Å². The van der Waals surface area contributed by atoms with Crippen LogP contribution in [0.1, 0.15) is 11.1 Å². The SMILES string of the molecule is c1ccc(CCNc2ccc(NCCc3ccccc3)cc2)cc1. The van der Waals surface area contributed by atoms with Gasteiger partial charge in [-0.05, 0) is 48.2 Å². The highest BCUT2D eigenvalue weighted by Crippen LogP contribution is 2.14. The van der Waals surface area contributed by atoms with Crippen LogP contribution in [0.2, 0.25) is 0 Å². The smallest absolute Gasteiger partial charge is 0.0341 e. The highest BCUT2D eigenvalue weighted by molar-refractivity contribution is 5.53. The molecule has 122 valence electrons. The van der Waals surface area contributed by atoms with Crippen LogP contribution in [-0.2, 0) is 12.8 Å². The Morgan fingerprint density at radius 3 is 1.21 bits per heavy atom. The average molecular weight is 316 g/mol. The molecule has 0 aromatic heterocycles. The first-order chi connectivity index (χ1) is 11.9. The molecule has 0 saturated heterocycles. The standard InChI is InChI=1S/C22H24N2/c1-3-7-19(8-4-1)15-17-23-21-11-13-22(14-12-21)24-18-16-20-9-5-2-6-10-20/h1-14,23-24H,15-18H2. The lowest BCUT2D eigenvalue weighted by Gasteiger charge is -2.09. The molecule has 0 atom stereocenters. The predicted molar refractivity (Wildman–Crippen MR) is 104 cm³/mol. The molecule has 3 rings (SSSR count). The Kier molecular flexibility index (Phi) is 5.90. The monoisotopic (exact) mass is 316 g/mol. The molecule has 0 unspecified atom stereocenters. The summed E-state index contributed by atoms with van der Waals surface area (Å²) in [5, 5.41) is 6.95. The maximum absolute atomic E-state index is 3.47. The summed E-state index contributed by atoms with van der Waals surface area (Å²) < 4.78 is 0. The van der Waals surface area contributed by atoms with Crippen LogP contribution in [-0.4, -0.2) is 13.1 Å². The van der Waals surface area contributed by atoms with Gasteiger partial charge in [-0.2, -0.15) is 0 Å². The molecule has 0 spiro atoms. The molecule has 3 aromatic carbocycles. The number of hydrogen-bond donors (Lipinski definition) is 2. The quantitative estimate of drug-likeness (QED) is 0.611. The Balaban J connectivity index is 1.40. The molecule has 0 radical (unpaired) electrons. The first-order valence-electron chi connectivity index (χ1n) is 8.56. The minimum absolute atomic E-state index is 0.949. The Morgan fingerprint density at radius 2 is 0.833 bits per heavy atom. The van der Waals surface area contributed by atoms with Crippen LogP contribution in [0.5, 0.6) is 0 Å². The lowest BCUT2D eigenvalue weighted by atomic mass is 10.1. The largest absolute Gasteiger partial charge is 0.385 e. The van der Waals surface area contributed by atoms with Gasteiger partial charge in [-0.1, -0.05) is 60.7 Å². The number of benzene rings is 3. The minimum Gasteiger partial charge on any atom is -0.385 e. The predicted octanol–water partition coefficient (Wildman–Crippen LogP) is 5.00. The molecule has 2 heteroatoms. The molecule has 2 N–H and O–H groups in total. The summed E-state index contributed by atoms with van der Waals surface area (Å²) in [7, 11) is 0. The van der Waals surface area contributed by atoms with Crippen LogP contribution < -0.4 is 10.6 Å². The fourth-order valence-electron chi connectivity index (χ4n) is 2.70. The van der Waals surface area contributed by atoms with Crippen LogP contribution in [0, 0.1) is 0 Å². The lowest BCUT2D eigenvalue weighted by Crippen LogP contribution is -2.06. The average Bonchev–Trinajstić information content (AvgIpc) is 2.65. The van der Waals surface area contributed by atoms with Gasteiger partial charge < -0.3 is 10.6 Å². The summed E-state index contributed by atoms with van der Waals surface area (Å²) in [6.45, 7) is 1.90. The van der Waals surface area contributed by atoms with Gasteiger partial charge in [0.1, 0.15) is 0 Å². The van der Waals surface area contributed by atoms with Gasteiger partial charge in [0.25, 0.3) is 0 Å². The van der Waals surface area contributed by atoms with E-state index in [1.54, 1.807) is 0 Å². The van der Waals surface area contributed by atoms with Gasteiger partial charge in [0.2, 0.25) is 0 Å². The first kappa shape index (κ1) is 16.1. The van der Waals surface area contributed by atoms with Crippen LogP contribution in [0.25, 0.3) is 0 Å². The third kappa shape index (κ3) is 5.17. The molecule has 0 aliphatic heterocycles. The van der Waals surface area contributed by atoms with E-state index in [0.717, 1.165) is 25.9 Å². The third-order valence-electron chi connectivity index (χ3n) is 4.06. The first-order valence-corrected chi connectivity index (χ1v) is 8.56. The molecule has 0 aliphatic carbocycles. The number of rotatable bonds is 8. The van der Waals surface area contributed by atoms with Crippen molar-refractivity contribution in [3.63, 3.8) is 0 Å². The summed E-state index contributed by atoms with van der Waals surface area (Å²) in [4.78, 5) is 0. The Morgan fingerprint density at radius 1 is 0.458 bits per heavy atom. The molecule has 2 nitrogen and oxygen atoms in total. The lowest BCUT2D eigenvalue weighted by molar-refractivity contribution is 1.01. The molecule has 0 amide bonds. The van der Waals surface area contributed by atoms with Crippen molar-refractivity contribution in [1.82, 2.24) is 0 Å². The van der Waals surface area contributed by atoms with Crippen molar-refractivity contribution in [3.05, 3.63) is 96.1 Å². The zero-order chi connectivity index (χ0) is 16.5. The zero-order valence-electron chi connectivity index (χ0n) is 13.9. The van der Waals surface area contributed by atoms with Gasteiger partial charge in [-0.15, -0.1) is 0 Å². The van der Waals surface area contributed by atoms with Crippen molar-refractivity contribution in [2.45, 2.75) is 12.8 Å². The van der Waals surface area contributed by atoms with Crippen LogP contribution in [0.4, 0.5) is 11.4 Å². The maximum atomic E-state index is 3.47. The number of anilines is 2. The van der Waals surface area contributed by atoms with E-state index in [1.807, 2.05) is 0 Å². The Labute approximate surface area is 144 Å². The second-order valence-electron chi connectivity index (χ2n) is 5.90. The zero-order valence-corrected chi connectivity index (χ0v) is 13.9. The fraction of sp³-hybridized carbons (Fsp3) is 0.182. The van der Waals surface area contributed by atoms with Crippen molar-refractivity contribution in [2.24, 2.45) is 0 Å². The summed E-state index contributed by atoms with van der Waals surface area (Å²) >= 11 is 0. The van der Waals surface area contributed by atoms with Gasteiger partial charge in [0, 0.05) is 24.5 Å². The van der Waals surface area contributed by atoms with E-state index < -0.39 is 0 Å². The third-order valence-corrected chi connectivity index (χ3v) is 4.06. The van der Waals surface area contributed by atoms with E-state index in [1.165, 1.54) is 22.5 Å². The summed E-state index contributed by atoms with van der Waals surface area (Å²) in [5.74, 6) is 0. The number of nitrogens with one attached hydrogen (secondary N) is 2. The maximum Gasteiger partial charge on any atom is 0.0341 e. The second-order valence-corrected chi connectivity index (χ2v) is 5.90. The van der Waals surface area contributed by atoms with E-state index in [9.17, 15) is 0 Å². The van der Waals surface area contributed by atoms with Crippen LogP contribution in [0.3, 0.4) is 0 Å². The summed E-state index contributed by atoms with van der Waals surface area (Å²) in [6, 6.07) is 29.7. The van der Waals surface area contributed by atoms with Gasteiger partial charge >= 0.3 is 0 Å². The highest BCUT2D eigenvalue weighted by atomic mass is 14.9. The van der Waals surface area contributed by atoms with Crippen molar-refractivity contribution in [1.29, 1.82) is 0 Å². The Bertz CT molecular complexity index is 641. The van der Waals surface area contributed by atoms with E-state index in [4.69, 9.17) is 0 Å². The molecular formula is C22H24N2. The van der Waals surface area contributed by atoms with Crippen molar-refractivity contribution >= 4 is 11.4 Å². The van der Waals surface area contributed by atoms with Crippen LogP contribution >= 0.6 is 0 Å². The van der Waals surface area contributed by atoms with Crippen molar-refractivity contribution < 1.29 is 0 Å². The molecule has 0 heterocycles. The molecule has 0 fully saturated rings. The molecule has 0 aliphatic rings. The topological polar surface area (TPSA) is 24.1 Å². The molecule has 24 heavy (non-hydrogen) atoms. The Hall–Kier alpha value is -2.74. The van der Waals surface area contributed by atoms with Gasteiger partial charge in [0.15, 0.2) is 0 Å². The molecule has 0 saturated carbocycles. The second kappa shape index (κ2) is 8.78. The van der Waals surface area contributed by atoms with Crippen LogP contribution in [0.15, 0.2) is 84.9 Å². The number of hydrogen-bond acceptors (Lipinski definition) is 2. The van der Waals surface area contributed by atoms with E-state index in [0.29, 0.717) is 0 Å². The van der Waals surface area contributed by atoms with Gasteiger partial charge in [-0.3, -0.25) is 0 Å². The molecule has 3 aromatic rings. The summed E-state index contributed by atoms with van der Waals surface area (Å²) in [5.41, 5.74) is 5.06. The fourth-order valence-corrected chi connectivity index (χ4v) is 2.70. The van der Waals surface area contributed by atoms with Crippen molar-refractivity contribution in [3.8, 4) is 0 Å². The molecular weight excluding hydrogens is 292 g/mol. The van der Waals surface area contributed by atoms with Crippen molar-refractivity contribution in [2.75, 3.05) is 23.7 Å². The highest BCUT2D eigenvalue weighted by Gasteiger charge is 1.96. The minimum atomic E-state index is 0.949. The van der Waals surface area contributed by atoms with E-state index in [2.05, 4.69) is 95.6 Å². The summed E-state index contributed by atoms with van der Waals surface area (Å²) in [6.07, 6.45) is 2.08.